The van der Waals surface area contributed by atoms with Crippen molar-refractivity contribution in [3.8, 4) is 11.8 Å². The Balaban J connectivity index is 0.00000289. The van der Waals surface area contributed by atoms with Crippen LogP contribution in [0.2, 0.25) is 0 Å². The Kier molecular flexibility index (Phi) is 8.73. The summed E-state index contributed by atoms with van der Waals surface area (Å²) < 4.78 is 4.69. The Morgan fingerprint density at radius 1 is 1.39 bits per heavy atom. The van der Waals surface area contributed by atoms with Gasteiger partial charge in [-0.2, -0.15) is 0 Å². The standard InChI is InChI=1S/C14H17NO2.ClH/c1-2-17-14(16)11-10-13(15)9-8-12-6-4-3-5-7-12;/h3-7,13H,2,8-9,15H2,1H3;1H. The molecule has 0 saturated heterocycles. The number of halogens is 1. The van der Waals surface area contributed by atoms with E-state index in [1.165, 1.54) is 5.56 Å². The molecule has 0 aliphatic heterocycles. The number of hydrogen-bond donors (Lipinski definition) is 1. The van der Waals surface area contributed by atoms with Crippen LogP contribution < -0.4 is 5.73 Å². The van der Waals surface area contributed by atoms with Crippen molar-refractivity contribution >= 4 is 18.4 Å². The molecular weight excluding hydrogens is 250 g/mol. The van der Waals surface area contributed by atoms with Crippen molar-refractivity contribution < 1.29 is 9.53 Å². The van der Waals surface area contributed by atoms with E-state index in [1.54, 1.807) is 6.92 Å². The van der Waals surface area contributed by atoms with Gasteiger partial charge in [0.05, 0.1) is 12.6 Å². The zero-order valence-electron chi connectivity index (χ0n) is 10.4. The number of rotatable bonds is 4. The van der Waals surface area contributed by atoms with Crippen LogP contribution in [0, 0.1) is 11.8 Å². The van der Waals surface area contributed by atoms with Gasteiger partial charge >= 0.3 is 5.97 Å². The highest BCUT2D eigenvalue weighted by molar-refractivity contribution is 5.88. The molecule has 3 nitrogen and oxygen atoms in total. The molecule has 18 heavy (non-hydrogen) atoms. The molecule has 0 heterocycles. The zero-order chi connectivity index (χ0) is 12.5. The summed E-state index contributed by atoms with van der Waals surface area (Å²) in [7, 11) is 0. The SMILES string of the molecule is CCOC(=O)C#CC(N)CCc1ccccc1.Cl. The average molecular weight is 268 g/mol. The lowest BCUT2D eigenvalue weighted by molar-refractivity contribution is -0.136. The van der Waals surface area contributed by atoms with Crippen molar-refractivity contribution in [2.75, 3.05) is 6.61 Å². The van der Waals surface area contributed by atoms with Gasteiger partial charge in [-0.1, -0.05) is 36.3 Å². The normalized spacial score (nSPS) is 10.6. The Morgan fingerprint density at radius 3 is 2.67 bits per heavy atom. The van der Waals surface area contributed by atoms with Crippen LogP contribution in [-0.2, 0) is 16.0 Å². The fourth-order valence-corrected chi connectivity index (χ4v) is 1.36. The summed E-state index contributed by atoms with van der Waals surface area (Å²) in [6, 6.07) is 9.76. The molecule has 0 aliphatic rings. The predicted molar refractivity (Wildman–Crippen MR) is 74.4 cm³/mol. The van der Waals surface area contributed by atoms with Gasteiger partial charge in [-0.3, -0.25) is 0 Å². The molecule has 98 valence electrons. The second-order valence-corrected chi connectivity index (χ2v) is 3.62. The Labute approximate surface area is 114 Å². The summed E-state index contributed by atoms with van der Waals surface area (Å²) in [5, 5.41) is 0. The van der Waals surface area contributed by atoms with E-state index in [0.717, 1.165) is 12.8 Å². The second kappa shape index (κ2) is 9.52. The van der Waals surface area contributed by atoms with Crippen LogP contribution >= 0.6 is 12.4 Å². The maximum absolute atomic E-state index is 11.0. The van der Waals surface area contributed by atoms with E-state index in [1.807, 2.05) is 30.3 Å². The molecule has 0 bridgehead atoms. The predicted octanol–water partition coefficient (Wildman–Crippen LogP) is 1.93. The van der Waals surface area contributed by atoms with Crippen molar-refractivity contribution in [2.24, 2.45) is 5.73 Å². The number of ether oxygens (including phenoxy) is 1. The van der Waals surface area contributed by atoms with Gasteiger partial charge in [0, 0.05) is 5.92 Å². The van der Waals surface area contributed by atoms with Gasteiger partial charge < -0.3 is 10.5 Å². The smallest absolute Gasteiger partial charge is 0.384 e. The molecule has 0 radical (unpaired) electrons. The molecule has 0 fully saturated rings. The molecule has 0 aliphatic carbocycles. The number of aryl methyl sites for hydroxylation is 1. The molecule has 2 N–H and O–H groups in total. The van der Waals surface area contributed by atoms with Crippen LogP contribution in [0.25, 0.3) is 0 Å². The van der Waals surface area contributed by atoms with Crippen LogP contribution in [0.4, 0.5) is 0 Å². The minimum Gasteiger partial charge on any atom is -0.456 e. The molecule has 1 unspecified atom stereocenters. The topological polar surface area (TPSA) is 52.3 Å². The maximum atomic E-state index is 11.0. The largest absolute Gasteiger partial charge is 0.456 e. The summed E-state index contributed by atoms with van der Waals surface area (Å²) in [6.07, 6.45) is 1.59. The van der Waals surface area contributed by atoms with Crippen molar-refractivity contribution in [1.82, 2.24) is 0 Å². The van der Waals surface area contributed by atoms with Crippen molar-refractivity contribution in [2.45, 2.75) is 25.8 Å². The second-order valence-electron chi connectivity index (χ2n) is 3.62. The van der Waals surface area contributed by atoms with Gasteiger partial charge in [0.25, 0.3) is 0 Å². The van der Waals surface area contributed by atoms with E-state index >= 15 is 0 Å². The lowest BCUT2D eigenvalue weighted by Crippen LogP contribution is -2.18. The number of nitrogens with two attached hydrogens (primary N) is 1. The molecule has 1 rings (SSSR count). The van der Waals surface area contributed by atoms with Gasteiger partial charge in [-0.05, 0) is 25.3 Å². The van der Waals surface area contributed by atoms with Crippen LogP contribution in [0.3, 0.4) is 0 Å². The van der Waals surface area contributed by atoms with Crippen molar-refractivity contribution in [1.29, 1.82) is 0 Å². The fraction of sp³-hybridized carbons (Fsp3) is 0.357. The number of hydrogen-bond acceptors (Lipinski definition) is 3. The maximum Gasteiger partial charge on any atom is 0.384 e. The van der Waals surface area contributed by atoms with Crippen molar-refractivity contribution in [3.05, 3.63) is 35.9 Å². The molecule has 0 aromatic heterocycles. The van der Waals surface area contributed by atoms with Gasteiger partial charge in [-0.15, -0.1) is 12.4 Å². The first-order valence-corrected chi connectivity index (χ1v) is 5.70. The van der Waals surface area contributed by atoms with Crippen LogP contribution in [0.15, 0.2) is 30.3 Å². The van der Waals surface area contributed by atoms with Crippen LogP contribution in [0.5, 0.6) is 0 Å². The zero-order valence-corrected chi connectivity index (χ0v) is 11.2. The summed E-state index contributed by atoms with van der Waals surface area (Å²) in [6.45, 7) is 2.08. The number of carbonyl (C=O) groups is 1. The number of esters is 1. The minimum absolute atomic E-state index is 0. The highest BCUT2D eigenvalue weighted by Crippen LogP contribution is 2.03. The fourth-order valence-electron chi connectivity index (χ4n) is 1.36. The molecule has 0 saturated carbocycles. The molecular formula is C14H18ClNO2. The summed E-state index contributed by atoms with van der Waals surface area (Å²) in [4.78, 5) is 11.0. The Bertz CT molecular complexity index is 409. The lowest BCUT2D eigenvalue weighted by Gasteiger charge is -2.03. The quantitative estimate of drug-likeness (QED) is 0.515. The Morgan fingerprint density at radius 2 is 2.06 bits per heavy atom. The third kappa shape index (κ3) is 6.95. The third-order valence-corrected chi connectivity index (χ3v) is 2.22. The van der Waals surface area contributed by atoms with E-state index in [9.17, 15) is 4.79 Å². The molecule has 0 spiro atoms. The van der Waals surface area contributed by atoms with Crippen LogP contribution in [0.1, 0.15) is 18.9 Å². The number of carbonyl (C=O) groups excluding carboxylic acids is 1. The third-order valence-electron chi connectivity index (χ3n) is 2.22. The van der Waals surface area contributed by atoms with Crippen LogP contribution in [-0.4, -0.2) is 18.6 Å². The van der Waals surface area contributed by atoms with E-state index in [0.29, 0.717) is 6.61 Å². The van der Waals surface area contributed by atoms with Gasteiger partial charge in [-0.25, -0.2) is 4.79 Å². The first-order chi connectivity index (χ1) is 8.22. The lowest BCUT2D eigenvalue weighted by atomic mass is 10.1. The molecule has 4 heteroatoms. The highest BCUT2D eigenvalue weighted by Gasteiger charge is 2.00. The summed E-state index contributed by atoms with van der Waals surface area (Å²) in [5.74, 6) is 4.56. The van der Waals surface area contributed by atoms with E-state index in [2.05, 4.69) is 16.6 Å². The van der Waals surface area contributed by atoms with Crippen molar-refractivity contribution in [3.63, 3.8) is 0 Å². The summed E-state index contributed by atoms with van der Waals surface area (Å²) >= 11 is 0. The monoisotopic (exact) mass is 267 g/mol. The minimum atomic E-state index is -0.511. The Hall–Kier alpha value is -1.50. The highest BCUT2D eigenvalue weighted by atomic mass is 35.5. The molecule has 0 amide bonds. The van der Waals surface area contributed by atoms with E-state index < -0.39 is 5.97 Å². The summed E-state index contributed by atoms with van der Waals surface area (Å²) in [5.41, 5.74) is 7.01. The van der Waals surface area contributed by atoms with E-state index in [4.69, 9.17) is 5.73 Å². The first-order valence-electron chi connectivity index (χ1n) is 5.70. The van der Waals surface area contributed by atoms with Gasteiger partial charge in [0.2, 0.25) is 0 Å². The molecule has 1 aromatic rings. The molecule has 1 atom stereocenters. The van der Waals surface area contributed by atoms with Gasteiger partial charge in [0.1, 0.15) is 0 Å². The average Bonchev–Trinajstić information content (AvgIpc) is 2.35. The van der Waals surface area contributed by atoms with Gasteiger partial charge in [0.15, 0.2) is 0 Å². The first kappa shape index (κ1) is 16.5. The van der Waals surface area contributed by atoms with E-state index in [-0.39, 0.29) is 18.4 Å². The number of benzene rings is 1. The molecule has 1 aromatic carbocycles.